The first-order chi connectivity index (χ1) is 6.76. The van der Waals surface area contributed by atoms with Crippen molar-refractivity contribution >= 4 is 0 Å². The first-order valence-corrected chi connectivity index (χ1v) is 5.58. The second-order valence-corrected chi connectivity index (χ2v) is 4.07. The minimum Gasteiger partial charge on any atom is -0.374 e. The molecule has 1 aliphatic rings. The summed E-state index contributed by atoms with van der Waals surface area (Å²) in [6, 6.07) is 0.458. The molecule has 0 aromatic heterocycles. The van der Waals surface area contributed by atoms with Gasteiger partial charge in [-0.25, -0.2) is 0 Å². The van der Waals surface area contributed by atoms with Crippen LogP contribution in [0.15, 0.2) is 0 Å². The van der Waals surface area contributed by atoms with E-state index >= 15 is 0 Å². The zero-order valence-electron chi connectivity index (χ0n) is 9.25. The van der Waals surface area contributed by atoms with Gasteiger partial charge in [0.05, 0.1) is 12.2 Å². The summed E-state index contributed by atoms with van der Waals surface area (Å²) in [4.78, 5) is 0. The van der Waals surface area contributed by atoms with Gasteiger partial charge >= 0.3 is 0 Å². The summed E-state index contributed by atoms with van der Waals surface area (Å²) in [6.45, 7) is 5.25. The minimum absolute atomic E-state index is 0.400. The molecule has 0 aromatic rings. The second kappa shape index (κ2) is 6.06. The summed E-state index contributed by atoms with van der Waals surface area (Å²) >= 11 is 0. The zero-order chi connectivity index (χ0) is 10.4. The van der Waals surface area contributed by atoms with Gasteiger partial charge in [0.15, 0.2) is 0 Å². The van der Waals surface area contributed by atoms with E-state index in [4.69, 9.17) is 11.2 Å². The van der Waals surface area contributed by atoms with E-state index in [2.05, 4.69) is 25.1 Å². The Kier molecular flexibility index (Phi) is 5.00. The maximum absolute atomic E-state index is 5.72. The Labute approximate surface area is 87.4 Å². The summed E-state index contributed by atoms with van der Waals surface area (Å²) in [7, 11) is 0. The molecule has 0 bridgehead atoms. The molecule has 1 heterocycles. The van der Waals surface area contributed by atoms with Crippen molar-refractivity contribution in [2.45, 2.75) is 57.8 Å². The fourth-order valence-corrected chi connectivity index (χ4v) is 1.84. The third-order valence-corrected chi connectivity index (χ3v) is 2.81. The highest BCUT2D eigenvalue weighted by atomic mass is 16.5. The SMILES string of the molecule is C#CCC(CC)NCC1CCC(C)O1. The summed E-state index contributed by atoms with van der Waals surface area (Å²) in [5.74, 6) is 2.70. The van der Waals surface area contributed by atoms with E-state index in [1.165, 1.54) is 12.8 Å². The van der Waals surface area contributed by atoms with E-state index in [9.17, 15) is 0 Å². The van der Waals surface area contributed by atoms with Crippen LogP contribution in [-0.4, -0.2) is 24.8 Å². The molecule has 0 spiro atoms. The Morgan fingerprint density at radius 3 is 2.86 bits per heavy atom. The van der Waals surface area contributed by atoms with Gasteiger partial charge in [0.2, 0.25) is 0 Å². The fourth-order valence-electron chi connectivity index (χ4n) is 1.84. The van der Waals surface area contributed by atoms with Gasteiger partial charge < -0.3 is 10.1 Å². The molecule has 0 amide bonds. The van der Waals surface area contributed by atoms with Gasteiger partial charge in [-0.05, 0) is 26.2 Å². The van der Waals surface area contributed by atoms with Gasteiger partial charge in [-0.3, -0.25) is 0 Å². The molecule has 1 rings (SSSR count). The number of rotatable bonds is 5. The van der Waals surface area contributed by atoms with Gasteiger partial charge in [-0.2, -0.15) is 0 Å². The molecule has 1 N–H and O–H groups in total. The van der Waals surface area contributed by atoms with Crippen molar-refractivity contribution in [1.29, 1.82) is 0 Å². The van der Waals surface area contributed by atoms with E-state index in [0.29, 0.717) is 18.2 Å². The molecule has 80 valence electrons. The molecule has 14 heavy (non-hydrogen) atoms. The van der Waals surface area contributed by atoms with Crippen molar-refractivity contribution in [2.75, 3.05) is 6.54 Å². The average molecular weight is 195 g/mol. The van der Waals surface area contributed by atoms with E-state index < -0.39 is 0 Å². The first kappa shape index (κ1) is 11.6. The first-order valence-electron chi connectivity index (χ1n) is 5.58. The van der Waals surface area contributed by atoms with Crippen LogP contribution in [0.2, 0.25) is 0 Å². The highest BCUT2D eigenvalue weighted by Gasteiger charge is 2.21. The van der Waals surface area contributed by atoms with Crippen LogP contribution in [0.1, 0.15) is 39.5 Å². The van der Waals surface area contributed by atoms with Gasteiger partial charge in [0.25, 0.3) is 0 Å². The molecule has 2 heteroatoms. The van der Waals surface area contributed by atoms with Gasteiger partial charge in [0.1, 0.15) is 0 Å². The number of ether oxygens (including phenoxy) is 1. The maximum atomic E-state index is 5.72. The largest absolute Gasteiger partial charge is 0.374 e. The smallest absolute Gasteiger partial charge is 0.0704 e. The van der Waals surface area contributed by atoms with Crippen molar-refractivity contribution in [3.8, 4) is 12.3 Å². The molecule has 1 aliphatic heterocycles. The highest BCUT2D eigenvalue weighted by Crippen LogP contribution is 2.18. The summed E-state index contributed by atoms with van der Waals surface area (Å²) in [5.41, 5.74) is 0. The van der Waals surface area contributed by atoms with Gasteiger partial charge in [-0.15, -0.1) is 12.3 Å². The van der Waals surface area contributed by atoms with E-state index in [1.807, 2.05) is 0 Å². The Morgan fingerprint density at radius 2 is 2.36 bits per heavy atom. The summed E-state index contributed by atoms with van der Waals surface area (Å²) < 4.78 is 5.72. The molecule has 2 nitrogen and oxygen atoms in total. The number of nitrogens with one attached hydrogen (secondary N) is 1. The third-order valence-electron chi connectivity index (χ3n) is 2.81. The predicted molar refractivity (Wildman–Crippen MR) is 59.1 cm³/mol. The van der Waals surface area contributed by atoms with Crippen molar-refractivity contribution in [2.24, 2.45) is 0 Å². The number of hydrogen-bond acceptors (Lipinski definition) is 2. The highest BCUT2D eigenvalue weighted by molar-refractivity contribution is 4.89. The molecule has 1 fully saturated rings. The predicted octanol–water partition coefficient (Wildman–Crippen LogP) is 1.95. The van der Waals surface area contributed by atoms with E-state index in [0.717, 1.165) is 19.4 Å². The van der Waals surface area contributed by atoms with Crippen LogP contribution >= 0.6 is 0 Å². The molecule has 3 unspecified atom stereocenters. The topological polar surface area (TPSA) is 21.3 Å². The molecule has 1 saturated heterocycles. The van der Waals surface area contributed by atoms with Crippen molar-refractivity contribution in [3.63, 3.8) is 0 Å². The lowest BCUT2D eigenvalue weighted by Gasteiger charge is -2.17. The number of hydrogen-bond donors (Lipinski definition) is 1. The van der Waals surface area contributed by atoms with Crippen LogP contribution in [0.4, 0.5) is 0 Å². The molecule has 0 aromatic carbocycles. The normalized spacial score (nSPS) is 28.6. The maximum Gasteiger partial charge on any atom is 0.0704 e. The molecule has 3 atom stereocenters. The molecule has 0 radical (unpaired) electrons. The summed E-state index contributed by atoms with van der Waals surface area (Å²) in [5, 5.41) is 3.47. The zero-order valence-corrected chi connectivity index (χ0v) is 9.25. The van der Waals surface area contributed by atoms with Crippen LogP contribution in [0.3, 0.4) is 0 Å². The van der Waals surface area contributed by atoms with Crippen molar-refractivity contribution in [3.05, 3.63) is 0 Å². The Bertz CT molecular complexity index is 197. The fraction of sp³-hybridized carbons (Fsp3) is 0.833. The summed E-state index contributed by atoms with van der Waals surface area (Å²) in [6.07, 6.45) is 10.4. The Balaban J connectivity index is 2.15. The van der Waals surface area contributed by atoms with Gasteiger partial charge in [0, 0.05) is 19.0 Å². The number of terminal acetylenes is 1. The van der Waals surface area contributed by atoms with Crippen LogP contribution in [-0.2, 0) is 4.74 Å². The quantitative estimate of drug-likeness (QED) is 0.677. The van der Waals surface area contributed by atoms with E-state index in [1.54, 1.807) is 0 Å². The Hall–Kier alpha value is -0.520. The lowest BCUT2D eigenvalue weighted by molar-refractivity contribution is 0.0543. The molecular weight excluding hydrogens is 174 g/mol. The second-order valence-electron chi connectivity index (χ2n) is 4.07. The Morgan fingerprint density at radius 1 is 1.57 bits per heavy atom. The monoisotopic (exact) mass is 195 g/mol. The lowest BCUT2D eigenvalue weighted by atomic mass is 10.1. The van der Waals surface area contributed by atoms with Crippen molar-refractivity contribution in [1.82, 2.24) is 5.32 Å². The van der Waals surface area contributed by atoms with Crippen LogP contribution in [0, 0.1) is 12.3 Å². The molecule has 0 saturated carbocycles. The van der Waals surface area contributed by atoms with E-state index in [-0.39, 0.29) is 0 Å². The van der Waals surface area contributed by atoms with Crippen LogP contribution < -0.4 is 5.32 Å². The third kappa shape index (κ3) is 3.69. The van der Waals surface area contributed by atoms with Gasteiger partial charge in [-0.1, -0.05) is 6.92 Å². The van der Waals surface area contributed by atoms with Crippen molar-refractivity contribution < 1.29 is 4.74 Å². The standard InChI is InChI=1S/C12H21NO/c1-4-6-11(5-2)13-9-12-8-7-10(3)14-12/h1,10-13H,5-9H2,2-3H3. The average Bonchev–Trinajstić information content (AvgIpc) is 2.59. The van der Waals surface area contributed by atoms with Crippen LogP contribution in [0.25, 0.3) is 0 Å². The molecule has 0 aliphatic carbocycles. The lowest BCUT2D eigenvalue weighted by Crippen LogP contribution is -2.35. The minimum atomic E-state index is 0.400. The molecular formula is C12H21NO. The van der Waals surface area contributed by atoms with Crippen LogP contribution in [0.5, 0.6) is 0 Å².